The molecule has 0 radical (unpaired) electrons. The van der Waals surface area contributed by atoms with Crippen LogP contribution >= 0.6 is 0 Å². The first-order valence-electron chi connectivity index (χ1n) is 6.47. The van der Waals surface area contributed by atoms with Gasteiger partial charge in [0.05, 0.1) is 0 Å². The molecule has 1 rings (SSSR count). The van der Waals surface area contributed by atoms with Crippen molar-refractivity contribution in [2.24, 2.45) is 28.0 Å². The average Bonchev–Trinajstić information content (AvgIpc) is 2.91. The molecule has 0 bridgehead atoms. The van der Waals surface area contributed by atoms with Crippen LogP contribution in [0.3, 0.4) is 0 Å². The molecule has 3 nitrogen and oxygen atoms in total. The highest BCUT2D eigenvalue weighted by atomic mass is 15.1. The quantitative estimate of drug-likeness (QED) is 0.538. The summed E-state index contributed by atoms with van der Waals surface area (Å²) in [5.41, 5.74) is 6.31. The Balaban J connectivity index is 2.29. The van der Waals surface area contributed by atoms with E-state index in [1.54, 1.807) is 0 Å². The number of hydrogen-bond donors (Lipinski definition) is 2. The summed E-state index contributed by atoms with van der Waals surface area (Å²) in [6, 6.07) is 0. The van der Waals surface area contributed by atoms with Gasteiger partial charge in [-0.1, -0.05) is 27.7 Å². The molecule has 1 fully saturated rings. The molecular formula is C13H27N3. The standard InChI is InChI=1S/C13H27N3/c1-10(2)7-13(5-6-13)9-16-12(14)15-8-11(3)4/h10-11H,5-9H2,1-4H3,(H3,14,15,16). The van der Waals surface area contributed by atoms with E-state index in [2.05, 4.69) is 38.0 Å². The first kappa shape index (κ1) is 13.3. The first-order valence-corrected chi connectivity index (χ1v) is 6.47. The van der Waals surface area contributed by atoms with E-state index in [1.807, 2.05) is 0 Å². The molecule has 0 spiro atoms. The zero-order valence-corrected chi connectivity index (χ0v) is 11.2. The lowest BCUT2D eigenvalue weighted by molar-refractivity contribution is 0.398. The Morgan fingerprint density at radius 3 is 2.31 bits per heavy atom. The number of nitrogens with one attached hydrogen (secondary N) is 1. The van der Waals surface area contributed by atoms with Gasteiger partial charge in [0.2, 0.25) is 0 Å². The van der Waals surface area contributed by atoms with Gasteiger partial charge in [-0.15, -0.1) is 0 Å². The van der Waals surface area contributed by atoms with Crippen molar-refractivity contribution in [3.8, 4) is 0 Å². The van der Waals surface area contributed by atoms with E-state index in [-0.39, 0.29) is 0 Å². The van der Waals surface area contributed by atoms with Crippen LogP contribution < -0.4 is 11.1 Å². The number of aliphatic imine (C=N–C) groups is 1. The Morgan fingerprint density at radius 2 is 1.88 bits per heavy atom. The molecule has 0 aliphatic heterocycles. The van der Waals surface area contributed by atoms with E-state index in [9.17, 15) is 0 Å². The molecule has 1 aliphatic carbocycles. The van der Waals surface area contributed by atoms with Crippen molar-refractivity contribution in [2.45, 2.75) is 47.0 Å². The molecule has 0 amide bonds. The molecule has 0 unspecified atom stereocenters. The minimum atomic E-state index is 0.484. The summed E-state index contributed by atoms with van der Waals surface area (Å²) in [6.45, 7) is 10.7. The molecular weight excluding hydrogens is 198 g/mol. The first-order chi connectivity index (χ1) is 7.43. The van der Waals surface area contributed by atoms with Crippen molar-refractivity contribution in [2.75, 3.05) is 13.1 Å². The van der Waals surface area contributed by atoms with Crippen LogP contribution in [0.25, 0.3) is 0 Å². The molecule has 0 aromatic heterocycles. The predicted molar refractivity (Wildman–Crippen MR) is 70.5 cm³/mol. The van der Waals surface area contributed by atoms with Crippen LogP contribution in [-0.4, -0.2) is 19.0 Å². The molecule has 0 aromatic rings. The highest BCUT2D eigenvalue weighted by molar-refractivity contribution is 5.77. The second-order valence-corrected chi connectivity index (χ2v) is 6.07. The summed E-state index contributed by atoms with van der Waals surface area (Å²) in [4.78, 5) is 4.47. The van der Waals surface area contributed by atoms with Crippen molar-refractivity contribution in [1.82, 2.24) is 5.32 Å². The number of guanidine groups is 1. The van der Waals surface area contributed by atoms with E-state index >= 15 is 0 Å². The fraction of sp³-hybridized carbons (Fsp3) is 0.923. The van der Waals surface area contributed by atoms with Gasteiger partial charge in [-0.05, 0) is 36.5 Å². The molecule has 0 saturated heterocycles. The predicted octanol–water partition coefficient (Wildman–Crippen LogP) is 2.37. The minimum absolute atomic E-state index is 0.484. The van der Waals surface area contributed by atoms with E-state index < -0.39 is 0 Å². The molecule has 94 valence electrons. The van der Waals surface area contributed by atoms with Crippen LogP contribution in [0.15, 0.2) is 4.99 Å². The average molecular weight is 225 g/mol. The SMILES string of the molecule is CC(C)CNC(N)=NCC1(CC(C)C)CC1. The Hall–Kier alpha value is -0.730. The topological polar surface area (TPSA) is 50.4 Å². The lowest BCUT2D eigenvalue weighted by atomic mass is 9.94. The Kier molecular flexibility index (Phi) is 4.63. The van der Waals surface area contributed by atoms with E-state index in [0.717, 1.165) is 19.0 Å². The van der Waals surface area contributed by atoms with Gasteiger partial charge in [0, 0.05) is 13.1 Å². The van der Waals surface area contributed by atoms with Crippen molar-refractivity contribution < 1.29 is 0 Å². The zero-order chi connectivity index (χ0) is 12.2. The molecule has 0 atom stereocenters. The third kappa shape index (κ3) is 4.86. The Morgan fingerprint density at radius 1 is 1.25 bits per heavy atom. The van der Waals surface area contributed by atoms with Gasteiger partial charge in [-0.25, -0.2) is 0 Å². The van der Waals surface area contributed by atoms with Crippen LogP contribution in [0.2, 0.25) is 0 Å². The number of nitrogens with two attached hydrogens (primary N) is 1. The molecule has 1 saturated carbocycles. The van der Waals surface area contributed by atoms with Gasteiger partial charge in [-0.3, -0.25) is 4.99 Å². The summed E-state index contributed by atoms with van der Waals surface area (Å²) in [5, 5.41) is 3.16. The third-order valence-electron chi connectivity index (χ3n) is 3.07. The lowest BCUT2D eigenvalue weighted by Crippen LogP contribution is -2.35. The third-order valence-corrected chi connectivity index (χ3v) is 3.07. The summed E-state index contributed by atoms with van der Waals surface area (Å²) in [7, 11) is 0. The summed E-state index contributed by atoms with van der Waals surface area (Å²) in [6.07, 6.45) is 3.94. The molecule has 0 aromatic carbocycles. The van der Waals surface area contributed by atoms with Gasteiger partial charge in [0.15, 0.2) is 5.96 Å². The van der Waals surface area contributed by atoms with E-state index in [0.29, 0.717) is 17.3 Å². The summed E-state index contributed by atoms with van der Waals surface area (Å²) >= 11 is 0. The van der Waals surface area contributed by atoms with Gasteiger partial charge >= 0.3 is 0 Å². The molecule has 3 N–H and O–H groups in total. The Bertz CT molecular complexity index is 240. The highest BCUT2D eigenvalue weighted by Gasteiger charge is 2.42. The van der Waals surface area contributed by atoms with Crippen LogP contribution in [-0.2, 0) is 0 Å². The van der Waals surface area contributed by atoms with Gasteiger partial charge in [-0.2, -0.15) is 0 Å². The smallest absolute Gasteiger partial charge is 0.188 e. The van der Waals surface area contributed by atoms with Crippen LogP contribution in [0.5, 0.6) is 0 Å². The van der Waals surface area contributed by atoms with Crippen molar-refractivity contribution in [1.29, 1.82) is 0 Å². The summed E-state index contributed by atoms with van der Waals surface area (Å²) in [5.74, 6) is 1.99. The monoisotopic (exact) mass is 225 g/mol. The normalized spacial score (nSPS) is 19.2. The van der Waals surface area contributed by atoms with Crippen LogP contribution in [0, 0.1) is 17.3 Å². The highest BCUT2D eigenvalue weighted by Crippen LogP contribution is 2.50. The summed E-state index contributed by atoms with van der Waals surface area (Å²) < 4.78 is 0. The van der Waals surface area contributed by atoms with Gasteiger partial charge < -0.3 is 11.1 Å². The molecule has 0 heterocycles. The molecule has 3 heteroatoms. The van der Waals surface area contributed by atoms with Gasteiger partial charge in [0.1, 0.15) is 0 Å². The number of nitrogens with zero attached hydrogens (tertiary/aromatic N) is 1. The van der Waals surface area contributed by atoms with Gasteiger partial charge in [0.25, 0.3) is 0 Å². The largest absolute Gasteiger partial charge is 0.370 e. The minimum Gasteiger partial charge on any atom is -0.370 e. The van der Waals surface area contributed by atoms with Crippen LogP contribution in [0.1, 0.15) is 47.0 Å². The lowest BCUT2D eigenvalue weighted by Gasteiger charge is -2.15. The zero-order valence-electron chi connectivity index (χ0n) is 11.2. The fourth-order valence-electron chi connectivity index (χ4n) is 2.09. The molecule has 16 heavy (non-hydrogen) atoms. The van der Waals surface area contributed by atoms with Crippen molar-refractivity contribution >= 4 is 5.96 Å². The second kappa shape index (κ2) is 5.55. The van der Waals surface area contributed by atoms with Crippen molar-refractivity contribution in [3.05, 3.63) is 0 Å². The second-order valence-electron chi connectivity index (χ2n) is 6.07. The van der Waals surface area contributed by atoms with E-state index in [1.165, 1.54) is 19.3 Å². The Labute approximate surface area is 99.9 Å². The van der Waals surface area contributed by atoms with E-state index in [4.69, 9.17) is 5.73 Å². The number of hydrogen-bond acceptors (Lipinski definition) is 1. The maximum atomic E-state index is 5.83. The number of rotatable bonds is 6. The fourth-order valence-corrected chi connectivity index (χ4v) is 2.09. The maximum Gasteiger partial charge on any atom is 0.188 e. The maximum absolute atomic E-state index is 5.83. The van der Waals surface area contributed by atoms with Crippen molar-refractivity contribution in [3.63, 3.8) is 0 Å². The van der Waals surface area contributed by atoms with Crippen LogP contribution in [0.4, 0.5) is 0 Å². The molecule has 1 aliphatic rings.